The van der Waals surface area contributed by atoms with E-state index in [0.29, 0.717) is 24.4 Å². The molecule has 0 spiro atoms. The van der Waals surface area contributed by atoms with Crippen LogP contribution in [-0.4, -0.2) is 28.5 Å². The van der Waals surface area contributed by atoms with Crippen LogP contribution in [0.25, 0.3) is 0 Å². The Morgan fingerprint density at radius 1 is 1.00 bits per heavy atom. The van der Waals surface area contributed by atoms with E-state index in [1.807, 2.05) is 36.4 Å². The second-order valence-corrected chi connectivity index (χ2v) is 7.01. The molecule has 0 amide bonds. The maximum Gasteiger partial charge on any atom is 0.311 e. The van der Waals surface area contributed by atoms with Gasteiger partial charge in [0.15, 0.2) is 5.75 Å². The van der Waals surface area contributed by atoms with Crippen molar-refractivity contribution in [1.82, 2.24) is 4.90 Å². The summed E-state index contributed by atoms with van der Waals surface area (Å²) in [6.45, 7) is 9.87. The van der Waals surface area contributed by atoms with Crippen LogP contribution in [-0.2, 0) is 13.0 Å². The van der Waals surface area contributed by atoms with E-state index in [0.717, 1.165) is 24.1 Å². The normalized spacial score (nSPS) is 11.3. The SMILES string of the molecule is CC(C)N(CCc1ccc(OCc2ccccc2)c([N+](=O)[O-])c1)C(C)C. The van der Waals surface area contributed by atoms with Crippen molar-refractivity contribution in [2.75, 3.05) is 6.54 Å². The minimum Gasteiger partial charge on any atom is -0.482 e. The fourth-order valence-corrected chi connectivity index (χ4v) is 3.09. The van der Waals surface area contributed by atoms with Crippen molar-refractivity contribution in [2.45, 2.75) is 52.8 Å². The summed E-state index contributed by atoms with van der Waals surface area (Å²) in [4.78, 5) is 13.5. The largest absolute Gasteiger partial charge is 0.482 e. The summed E-state index contributed by atoms with van der Waals surface area (Å²) >= 11 is 0. The predicted octanol–water partition coefficient (Wildman–Crippen LogP) is 4.84. The van der Waals surface area contributed by atoms with E-state index in [-0.39, 0.29) is 10.6 Å². The number of ether oxygens (including phenoxy) is 1. The van der Waals surface area contributed by atoms with Crippen molar-refractivity contribution in [3.63, 3.8) is 0 Å². The highest BCUT2D eigenvalue weighted by atomic mass is 16.6. The molecule has 0 aliphatic heterocycles. The number of nitro groups is 1. The van der Waals surface area contributed by atoms with Crippen LogP contribution in [0.5, 0.6) is 5.75 Å². The molecule has 0 bridgehead atoms. The molecule has 0 saturated heterocycles. The summed E-state index contributed by atoms with van der Waals surface area (Å²) in [6, 6.07) is 15.8. The van der Waals surface area contributed by atoms with Crippen molar-refractivity contribution < 1.29 is 9.66 Å². The molecule has 5 heteroatoms. The van der Waals surface area contributed by atoms with Crippen molar-refractivity contribution in [3.05, 3.63) is 69.8 Å². The molecule has 2 rings (SSSR count). The first-order valence-corrected chi connectivity index (χ1v) is 9.08. The fourth-order valence-electron chi connectivity index (χ4n) is 3.09. The van der Waals surface area contributed by atoms with Gasteiger partial charge in [0.25, 0.3) is 0 Å². The van der Waals surface area contributed by atoms with Gasteiger partial charge in [0.1, 0.15) is 6.61 Å². The predicted molar refractivity (Wildman–Crippen MR) is 105 cm³/mol. The first kappa shape index (κ1) is 19.9. The average Bonchev–Trinajstić information content (AvgIpc) is 2.60. The summed E-state index contributed by atoms with van der Waals surface area (Å²) in [5, 5.41) is 11.5. The van der Waals surface area contributed by atoms with Gasteiger partial charge in [0.2, 0.25) is 0 Å². The third-order valence-corrected chi connectivity index (χ3v) is 4.44. The van der Waals surface area contributed by atoms with Crippen LogP contribution in [0, 0.1) is 10.1 Å². The van der Waals surface area contributed by atoms with E-state index in [2.05, 4.69) is 32.6 Å². The van der Waals surface area contributed by atoms with Crippen molar-refractivity contribution in [1.29, 1.82) is 0 Å². The van der Waals surface area contributed by atoms with E-state index in [4.69, 9.17) is 4.74 Å². The number of hydrogen-bond donors (Lipinski definition) is 0. The van der Waals surface area contributed by atoms with Crippen LogP contribution < -0.4 is 4.74 Å². The zero-order chi connectivity index (χ0) is 19.1. The van der Waals surface area contributed by atoms with E-state index in [9.17, 15) is 10.1 Å². The van der Waals surface area contributed by atoms with Gasteiger partial charge in [-0.2, -0.15) is 0 Å². The van der Waals surface area contributed by atoms with Crippen LogP contribution in [0.2, 0.25) is 0 Å². The van der Waals surface area contributed by atoms with Crippen LogP contribution in [0.1, 0.15) is 38.8 Å². The molecule has 0 aromatic heterocycles. The van der Waals surface area contributed by atoms with Crippen LogP contribution in [0.15, 0.2) is 48.5 Å². The lowest BCUT2D eigenvalue weighted by atomic mass is 10.1. The zero-order valence-electron chi connectivity index (χ0n) is 16.0. The Balaban J connectivity index is 2.09. The summed E-state index contributed by atoms with van der Waals surface area (Å²) in [7, 11) is 0. The highest BCUT2D eigenvalue weighted by Crippen LogP contribution is 2.29. The molecular weight excluding hydrogens is 328 g/mol. The molecule has 0 heterocycles. The van der Waals surface area contributed by atoms with Crippen molar-refractivity contribution in [2.24, 2.45) is 0 Å². The molecule has 2 aromatic rings. The number of nitro benzene ring substituents is 1. The van der Waals surface area contributed by atoms with Gasteiger partial charge >= 0.3 is 5.69 Å². The van der Waals surface area contributed by atoms with Crippen molar-refractivity contribution in [3.8, 4) is 5.75 Å². The number of nitrogens with zero attached hydrogens (tertiary/aromatic N) is 2. The molecule has 26 heavy (non-hydrogen) atoms. The Kier molecular flexibility index (Phi) is 7.16. The Hall–Kier alpha value is -2.40. The maximum absolute atomic E-state index is 11.5. The number of rotatable bonds is 9. The van der Waals surface area contributed by atoms with Crippen LogP contribution in [0.4, 0.5) is 5.69 Å². The topological polar surface area (TPSA) is 55.6 Å². The second kappa shape index (κ2) is 9.34. The molecule has 0 fully saturated rings. The Morgan fingerprint density at radius 2 is 1.65 bits per heavy atom. The zero-order valence-corrected chi connectivity index (χ0v) is 16.0. The maximum atomic E-state index is 11.5. The molecule has 0 saturated carbocycles. The minimum absolute atomic E-state index is 0.0269. The average molecular weight is 356 g/mol. The van der Waals surface area contributed by atoms with Crippen molar-refractivity contribution >= 4 is 5.69 Å². The molecule has 0 unspecified atom stereocenters. The minimum atomic E-state index is -0.369. The second-order valence-electron chi connectivity index (χ2n) is 7.01. The molecule has 0 atom stereocenters. The Morgan fingerprint density at radius 3 is 2.23 bits per heavy atom. The highest BCUT2D eigenvalue weighted by molar-refractivity contribution is 5.48. The lowest BCUT2D eigenvalue weighted by molar-refractivity contribution is -0.386. The van der Waals surface area contributed by atoms with E-state index in [1.165, 1.54) is 0 Å². The van der Waals surface area contributed by atoms with Gasteiger partial charge in [-0.1, -0.05) is 36.4 Å². The third-order valence-electron chi connectivity index (χ3n) is 4.44. The molecular formula is C21H28N2O3. The molecule has 0 radical (unpaired) electrons. The summed E-state index contributed by atoms with van der Waals surface area (Å²) < 4.78 is 5.69. The van der Waals surface area contributed by atoms with Gasteiger partial charge in [0.05, 0.1) is 4.92 Å². The molecule has 0 aliphatic carbocycles. The van der Waals surface area contributed by atoms with E-state index >= 15 is 0 Å². The van der Waals surface area contributed by atoms with Gasteiger partial charge in [-0.05, 0) is 51.3 Å². The summed E-state index contributed by atoms with van der Waals surface area (Å²) in [6.07, 6.45) is 0.774. The highest BCUT2D eigenvalue weighted by Gasteiger charge is 2.18. The third kappa shape index (κ3) is 5.56. The monoisotopic (exact) mass is 356 g/mol. The molecule has 5 nitrogen and oxygen atoms in total. The van der Waals surface area contributed by atoms with Gasteiger partial charge in [0, 0.05) is 24.7 Å². The molecule has 140 valence electrons. The van der Waals surface area contributed by atoms with Crippen LogP contribution >= 0.6 is 0 Å². The van der Waals surface area contributed by atoms with E-state index < -0.39 is 0 Å². The molecule has 2 aromatic carbocycles. The summed E-state index contributed by atoms with van der Waals surface area (Å²) in [5.74, 6) is 0.312. The number of benzene rings is 2. The Bertz CT molecular complexity index is 706. The quantitative estimate of drug-likeness (QED) is 0.477. The van der Waals surface area contributed by atoms with Crippen LogP contribution in [0.3, 0.4) is 0 Å². The molecule has 0 aliphatic rings. The van der Waals surface area contributed by atoms with Gasteiger partial charge in [-0.15, -0.1) is 0 Å². The standard InChI is InChI=1S/C21H28N2O3/c1-16(2)22(17(3)4)13-12-18-10-11-21(20(14-18)23(24)25)26-15-19-8-6-5-7-9-19/h5-11,14,16-17H,12-13,15H2,1-4H3. The lowest BCUT2D eigenvalue weighted by Gasteiger charge is -2.30. The first-order chi connectivity index (χ1) is 12.4. The smallest absolute Gasteiger partial charge is 0.311 e. The molecule has 0 N–H and O–H groups in total. The fraction of sp³-hybridized carbons (Fsp3) is 0.429. The van der Waals surface area contributed by atoms with Gasteiger partial charge in [-0.3, -0.25) is 15.0 Å². The summed E-state index contributed by atoms with van der Waals surface area (Å²) in [5.41, 5.74) is 1.96. The Labute approximate surface area is 155 Å². The first-order valence-electron chi connectivity index (χ1n) is 9.08. The van der Waals surface area contributed by atoms with Gasteiger partial charge < -0.3 is 4.74 Å². The van der Waals surface area contributed by atoms with Gasteiger partial charge in [-0.25, -0.2) is 0 Å². The lowest BCUT2D eigenvalue weighted by Crippen LogP contribution is -2.38. The number of hydrogen-bond acceptors (Lipinski definition) is 4. The van der Waals surface area contributed by atoms with E-state index in [1.54, 1.807) is 12.1 Å².